The van der Waals surface area contributed by atoms with Crippen LogP contribution < -0.4 is 16.4 Å². The first-order valence-electron chi connectivity index (χ1n) is 5.54. The second-order valence-electron chi connectivity index (χ2n) is 3.75. The molecule has 0 bridgehead atoms. The van der Waals surface area contributed by atoms with Gasteiger partial charge in [0.05, 0.1) is 22.0 Å². The highest BCUT2D eigenvalue weighted by molar-refractivity contribution is 7.99. The molecule has 1 rings (SSSR count). The molecule has 0 fully saturated rings. The van der Waals surface area contributed by atoms with Crippen LogP contribution in [0.1, 0.15) is 19.4 Å². The summed E-state index contributed by atoms with van der Waals surface area (Å²) in [4.78, 5) is 3.25. The molecule has 0 unspecified atom stereocenters. The van der Waals surface area contributed by atoms with Gasteiger partial charge < -0.3 is 16.4 Å². The highest BCUT2D eigenvalue weighted by Gasteiger charge is 2.14. The van der Waals surface area contributed by atoms with Crippen molar-refractivity contribution < 1.29 is 0 Å². The van der Waals surface area contributed by atoms with E-state index in [-0.39, 0.29) is 0 Å². The zero-order chi connectivity index (χ0) is 12.3. The lowest BCUT2D eigenvalue weighted by atomic mass is 10.1. The fourth-order valence-electron chi connectivity index (χ4n) is 1.85. The lowest BCUT2D eigenvalue weighted by Crippen LogP contribution is -2.23. The first-order valence-corrected chi connectivity index (χ1v) is 6.76. The summed E-state index contributed by atoms with van der Waals surface area (Å²) in [5.74, 6) is 0. The normalized spacial score (nSPS) is 10.5. The summed E-state index contributed by atoms with van der Waals surface area (Å²) in [5.41, 5.74) is 16.0. The van der Waals surface area contributed by atoms with Crippen molar-refractivity contribution in [2.24, 2.45) is 0 Å². The topological polar surface area (TPSA) is 55.3 Å². The van der Waals surface area contributed by atoms with Crippen molar-refractivity contribution >= 4 is 28.8 Å². The minimum Gasteiger partial charge on any atom is -0.398 e. The number of nitrogens with two attached hydrogens (primary N) is 2. The van der Waals surface area contributed by atoms with Crippen LogP contribution >= 0.6 is 11.8 Å². The number of rotatable bonds is 4. The van der Waals surface area contributed by atoms with Crippen LogP contribution in [-0.4, -0.2) is 19.3 Å². The van der Waals surface area contributed by atoms with E-state index in [0.717, 1.165) is 40.6 Å². The number of hydrogen-bond donors (Lipinski definition) is 2. The van der Waals surface area contributed by atoms with Crippen molar-refractivity contribution in [1.82, 2.24) is 0 Å². The predicted molar refractivity (Wildman–Crippen MR) is 75.3 cm³/mol. The molecule has 0 aliphatic rings. The van der Waals surface area contributed by atoms with E-state index in [0.29, 0.717) is 0 Å². The van der Waals surface area contributed by atoms with E-state index in [1.807, 2.05) is 13.2 Å². The van der Waals surface area contributed by atoms with Gasteiger partial charge in [0.2, 0.25) is 0 Å². The first-order chi connectivity index (χ1) is 7.56. The molecule has 90 valence electrons. The average molecular weight is 239 g/mol. The molecule has 4 N–H and O–H groups in total. The minimum absolute atomic E-state index is 0.805. The number of hydrogen-bond acceptors (Lipinski definition) is 4. The average Bonchev–Trinajstić information content (AvgIpc) is 2.28. The van der Waals surface area contributed by atoms with E-state index in [9.17, 15) is 0 Å². The van der Waals surface area contributed by atoms with E-state index in [1.54, 1.807) is 11.8 Å². The number of benzene rings is 1. The summed E-state index contributed by atoms with van der Waals surface area (Å²) >= 11 is 1.61. The molecule has 0 radical (unpaired) electrons. The van der Waals surface area contributed by atoms with E-state index >= 15 is 0 Å². The zero-order valence-electron chi connectivity index (χ0n) is 10.5. The third-order valence-electron chi connectivity index (χ3n) is 2.85. The van der Waals surface area contributed by atoms with Gasteiger partial charge in [0.25, 0.3) is 0 Å². The van der Waals surface area contributed by atoms with Crippen LogP contribution in [-0.2, 0) is 0 Å². The molecule has 3 nitrogen and oxygen atoms in total. The van der Waals surface area contributed by atoms with Crippen LogP contribution in [0.25, 0.3) is 0 Å². The van der Waals surface area contributed by atoms with E-state index in [1.165, 1.54) is 0 Å². The molecule has 0 aliphatic heterocycles. The third kappa shape index (κ3) is 2.21. The third-order valence-corrected chi connectivity index (χ3v) is 3.70. The molecule has 0 saturated carbocycles. The van der Waals surface area contributed by atoms with E-state index in [4.69, 9.17) is 11.5 Å². The maximum Gasteiger partial charge on any atom is 0.0711 e. The van der Waals surface area contributed by atoms with Crippen molar-refractivity contribution in [3.8, 4) is 0 Å². The summed E-state index contributed by atoms with van der Waals surface area (Å²) in [7, 11) is 0. The molecule has 0 saturated heterocycles. The SMILES string of the molecule is CCN(CC)c1cc(C)c(N)c(SC)c1N. The van der Waals surface area contributed by atoms with Crippen LogP contribution in [0.2, 0.25) is 0 Å². The molecule has 1 aromatic rings. The first kappa shape index (κ1) is 13.0. The van der Waals surface area contributed by atoms with Gasteiger partial charge in [-0.15, -0.1) is 11.8 Å². The Bertz CT molecular complexity index is 373. The van der Waals surface area contributed by atoms with Crippen LogP contribution in [0, 0.1) is 6.92 Å². The molecular formula is C12H21N3S. The van der Waals surface area contributed by atoms with Gasteiger partial charge >= 0.3 is 0 Å². The van der Waals surface area contributed by atoms with Crippen LogP contribution in [0.4, 0.5) is 17.1 Å². The Morgan fingerprint density at radius 2 is 1.75 bits per heavy atom. The number of aryl methyl sites for hydroxylation is 1. The second-order valence-corrected chi connectivity index (χ2v) is 4.56. The standard InChI is InChI=1S/C12H21N3S/c1-5-15(6-2)9-7-8(3)10(13)12(16-4)11(9)14/h7H,5-6,13-14H2,1-4H3. The van der Waals surface area contributed by atoms with E-state index in [2.05, 4.69) is 24.8 Å². The quantitative estimate of drug-likeness (QED) is 0.626. The van der Waals surface area contributed by atoms with Crippen molar-refractivity contribution in [3.63, 3.8) is 0 Å². The van der Waals surface area contributed by atoms with Gasteiger partial charge in [0.15, 0.2) is 0 Å². The largest absolute Gasteiger partial charge is 0.398 e. The highest BCUT2D eigenvalue weighted by atomic mass is 32.2. The van der Waals surface area contributed by atoms with Gasteiger partial charge in [-0.05, 0) is 38.7 Å². The number of anilines is 3. The number of nitrogen functional groups attached to an aromatic ring is 2. The lowest BCUT2D eigenvalue weighted by molar-refractivity contribution is 0.865. The van der Waals surface area contributed by atoms with Gasteiger partial charge in [0, 0.05) is 13.1 Å². The van der Waals surface area contributed by atoms with Gasteiger partial charge in [-0.1, -0.05) is 0 Å². The smallest absolute Gasteiger partial charge is 0.0711 e. The van der Waals surface area contributed by atoms with Crippen LogP contribution in [0.15, 0.2) is 11.0 Å². The van der Waals surface area contributed by atoms with Crippen LogP contribution in [0.5, 0.6) is 0 Å². The summed E-state index contributed by atoms with van der Waals surface area (Å²) in [5, 5.41) is 0. The van der Waals surface area contributed by atoms with E-state index < -0.39 is 0 Å². The van der Waals surface area contributed by atoms with Crippen molar-refractivity contribution in [2.75, 3.05) is 35.7 Å². The molecule has 0 spiro atoms. The fourth-order valence-corrected chi connectivity index (χ4v) is 2.55. The fraction of sp³-hybridized carbons (Fsp3) is 0.500. The molecule has 0 aromatic heterocycles. The Morgan fingerprint density at radius 3 is 2.19 bits per heavy atom. The highest BCUT2D eigenvalue weighted by Crippen LogP contribution is 2.39. The number of thioether (sulfide) groups is 1. The number of nitrogens with zero attached hydrogens (tertiary/aromatic N) is 1. The predicted octanol–water partition coefficient (Wildman–Crippen LogP) is 2.73. The minimum atomic E-state index is 0.805. The van der Waals surface area contributed by atoms with Gasteiger partial charge in [-0.2, -0.15) is 0 Å². The monoisotopic (exact) mass is 239 g/mol. The summed E-state index contributed by atoms with van der Waals surface area (Å²) in [6, 6.07) is 2.08. The maximum atomic E-state index is 6.17. The van der Waals surface area contributed by atoms with Crippen LogP contribution in [0.3, 0.4) is 0 Å². The molecule has 1 aromatic carbocycles. The molecular weight excluding hydrogens is 218 g/mol. The van der Waals surface area contributed by atoms with Gasteiger partial charge in [0.1, 0.15) is 0 Å². The summed E-state index contributed by atoms with van der Waals surface area (Å²) in [6.45, 7) is 8.21. The Kier molecular flexibility index (Phi) is 4.35. The zero-order valence-corrected chi connectivity index (χ0v) is 11.3. The molecule has 0 heterocycles. The Balaban J connectivity index is 3.35. The summed E-state index contributed by atoms with van der Waals surface area (Å²) in [6.07, 6.45) is 2.01. The Morgan fingerprint density at radius 1 is 1.19 bits per heavy atom. The van der Waals surface area contributed by atoms with Crippen molar-refractivity contribution in [3.05, 3.63) is 11.6 Å². The Labute approximate surface area is 102 Å². The maximum absolute atomic E-state index is 6.17. The molecule has 0 amide bonds. The molecule has 16 heavy (non-hydrogen) atoms. The summed E-state index contributed by atoms with van der Waals surface area (Å²) < 4.78 is 0. The van der Waals surface area contributed by atoms with Gasteiger partial charge in [-0.25, -0.2) is 0 Å². The lowest BCUT2D eigenvalue weighted by Gasteiger charge is -2.25. The second kappa shape index (κ2) is 5.34. The van der Waals surface area contributed by atoms with Gasteiger partial charge in [-0.3, -0.25) is 0 Å². The van der Waals surface area contributed by atoms with Crippen molar-refractivity contribution in [2.45, 2.75) is 25.7 Å². The molecule has 0 atom stereocenters. The Hall–Kier alpha value is -1.03. The van der Waals surface area contributed by atoms with Crippen molar-refractivity contribution in [1.29, 1.82) is 0 Å². The molecule has 4 heteroatoms. The molecule has 0 aliphatic carbocycles.